The molecule has 1 aromatic heterocycles. The lowest BCUT2D eigenvalue weighted by atomic mass is 9.90. The van der Waals surface area contributed by atoms with Crippen molar-refractivity contribution in [2.75, 3.05) is 6.54 Å². The van der Waals surface area contributed by atoms with Crippen molar-refractivity contribution in [1.82, 2.24) is 15.1 Å². The Bertz CT molecular complexity index is 428. The van der Waals surface area contributed by atoms with E-state index in [1.807, 2.05) is 6.92 Å². The fourth-order valence-corrected chi connectivity index (χ4v) is 3.68. The van der Waals surface area contributed by atoms with Gasteiger partial charge in [0, 0.05) is 12.6 Å². The minimum Gasteiger partial charge on any atom is -0.314 e. The highest BCUT2D eigenvalue weighted by Crippen LogP contribution is 2.30. The molecule has 1 aliphatic rings. The molecule has 4 heteroatoms. The highest BCUT2D eigenvalue weighted by molar-refractivity contribution is 6.31. The van der Waals surface area contributed by atoms with Gasteiger partial charge in [0.25, 0.3) is 0 Å². The molecule has 0 radical (unpaired) electrons. The molecule has 20 heavy (non-hydrogen) atoms. The summed E-state index contributed by atoms with van der Waals surface area (Å²) in [4.78, 5) is 0. The van der Waals surface area contributed by atoms with E-state index >= 15 is 0 Å². The molecule has 2 atom stereocenters. The van der Waals surface area contributed by atoms with Crippen molar-refractivity contribution in [2.45, 2.75) is 71.9 Å². The van der Waals surface area contributed by atoms with Gasteiger partial charge in [-0.15, -0.1) is 0 Å². The summed E-state index contributed by atoms with van der Waals surface area (Å²) in [6.45, 7) is 8.31. The molecule has 2 rings (SSSR count). The second-order valence-corrected chi connectivity index (χ2v) is 6.31. The van der Waals surface area contributed by atoms with Crippen LogP contribution in [0.5, 0.6) is 0 Å². The first-order valence-electron chi connectivity index (χ1n) is 8.12. The molecular weight excluding hydrogens is 270 g/mol. The zero-order valence-corrected chi connectivity index (χ0v) is 13.8. The SMILES string of the molecule is CCNC1CCCCCC1Cc1c(Cl)c(C)nn1CC. The Balaban J connectivity index is 2.17. The molecule has 0 aliphatic heterocycles. The molecule has 1 N–H and O–H groups in total. The van der Waals surface area contributed by atoms with Gasteiger partial charge in [0.1, 0.15) is 0 Å². The summed E-state index contributed by atoms with van der Waals surface area (Å²) >= 11 is 6.47. The van der Waals surface area contributed by atoms with Crippen LogP contribution < -0.4 is 5.32 Å². The van der Waals surface area contributed by atoms with Gasteiger partial charge in [-0.05, 0) is 45.6 Å². The fourth-order valence-electron chi connectivity index (χ4n) is 3.47. The first kappa shape index (κ1) is 15.8. The van der Waals surface area contributed by atoms with E-state index in [-0.39, 0.29) is 0 Å². The largest absolute Gasteiger partial charge is 0.314 e. The third-order valence-electron chi connectivity index (χ3n) is 4.53. The van der Waals surface area contributed by atoms with Gasteiger partial charge >= 0.3 is 0 Å². The maximum Gasteiger partial charge on any atom is 0.0847 e. The Morgan fingerprint density at radius 3 is 2.70 bits per heavy atom. The zero-order valence-electron chi connectivity index (χ0n) is 13.1. The third kappa shape index (κ3) is 3.56. The van der Waals surface area contributed by atoms with Crippen LogP contribution in [0.2, 0.25) is 5.02 Å². The molecule has 0 aromatic carbocycles. The highest BCUT2D eigenvalue weighted by atomic mass is 35.5. The van der Waals surface area contributed by atoms with E-state index in [2.05, 4.69) is 28.9 Å². The highest BCUT2D eigenvalue weighted by Gasteiger charge is 2.26. The summed E-state index contributed by atoms with van der Waals surface area (Å²) in [7, 11) is 0. The summed E-state index contributed by atoms with van der Waals surface area (Å²) < 4.78 is 2.09. The lowest BCUT2D eigenvalue weighted by Crippen LogP contribution is -2.36. The molecule has 1 fully saturated rings. The predicted octanol–water partition coefficient (Wildman–Crippen LogP) is 3.97. The average Bonchev–Trinajstić information content (AvgIpc) is 2.62. The van der Waals surface area contributed by atoms with Crippen molar-refractivity contribution in [3.8, 4) is 0 Å². The van der Waals surface area contributed by atoms with Crippen molar-refractivity contribution < 1.29 is 0 Å². The topological polar surface area (TPSA) is 29.9 Å². The summed E-state index contributed by atoms with van der Waals surface area (Å²) in [5.74, 6) is 0.691. The smallest absolute Gasteiger partial charge is 0.0847 e. The maximum atomic E-state index is 6.47. The van der Waals surface area contributed by atoms with Gasteiger partial charge in [-0.1, -0.05) is 37.8 Å². The van der Waals surface area contributed by atoms with Gasteiger partial charge in [0.15, 0.2) is 0 Å². The lowest BCUT2D eigenvalue weighted by molar-refractivity contribution is 0.331. The number of rotatable bonds is 5. The van der Waals surface area contributed by atoms with Gasteiger partial charge in [-0.3, -0.25) is 4.68 Å². The van der Waals surface area contributed by atoms with Crippen LogP contribution in [-0.4, -0.2) is 22.4 Å². The molecule has 114 valence electrons. The Labute approximate surface area is 128 Å². The normalized spacial score (nSPS) is 23.8. The van der Waals surface area contributed by atoms with Crippen molar-refractivity contribution in [3.05, 3.63) is 16.4 Å². The van der Waals surface area contributed by atoms with E-state index < -0.39 is 0 Å². The van der Waals surface area contributed by atoms with E-state index in [9.17, 15) is 0 Å². The molecule has 0 saturated heterocycles. The molecule has 1 aliphatic carbocycles. The van der Waals surface area contributed by atoms with Crippen molar-refractivity contribution in [3.63, 3.8) is 0 Å². The summed E-state index contributed by atoms with van der Waals surface area (Å²) in [5, 5.41) is 9.12. The van der Waals surface area contributed by atoms with Crippen LogP contribution in [0.4, 0.5) is 0 Å². The quantitative estimate of drug-likeness (QED) is 0.834. The van der Waals surface area contributed by atoms with Crippen LogP contribution in [0, 0.1) is 12.8 Å². The number of hydrogen-bond acceptors (Lipinski definition) is 2. The predicted molar refractivity (Wildman–Crippen MR) is 85.4 cm³/mol. The number of nitrogens with zero attached hydrogens (tertiary/aromatic N) is 2. The van der Waals surface area contributed by atoms with Gasteiger partial charge in [-0.25, -0.2) is 0 Å². The number of aryl methyl sites for hydroxylation is 2. The van der Waals surface area contributed by atoms with E-state index in [1.54, 1.807) is 0 Å². The lowest BCUT2D eigenvalue weighted by Gasteiger charge is -2.26. The van der Waals surface area contributed by atoms with E-state index in [0.29, 0.717) is 12.0 Å². The monoisotopic (exact) mass is 297 g/mol. The molecule has 3 nitrogen and oxygen atoms in total. The fraction of sp³-hybridized carbons (Fsp3) is 0.812. The molecule has 0 spiro atoms. The minimum atomic E-state index is 0.638. The number of nitrogens with one attached hydrogen (secondary N) is 1. The van der Waals surface area contributed by atoms with Crippen LogP contribution >= 0.6 is 11.6 Å². The van der Waals surface area contributed by atoms with Gasteiger partial charge in [-0.2, -0.15) is 5.10 Å². The van der Waals surface area contributed by atoms with Gasteiger partial charge in [0.2, 0.25) is 0 Å². The van der Waals surface area contributed by atoms with Gasteiger partial charge < -0.3 is 5.32 Å². The number of aromatic nitrogens is 2. The molecule has 1 heterocycles. The Morgan fingerprint density at radius 2 is 2.00 bits per heavy atom. The Kier molecular flexibility index (Phi) is 5.91. The third-order valence-corrected chi connectivity index (χ3v) is 5.03. The number of halogens is 1. The van der Waals surface area contributed by atoms with Crippen molar-refractivity contribution in [2.24, 2.45) is 5.92 Å². The molecule has 0 amide bonds. The average molecular weight is 298 g/mol. The first-order valence-corrected chi connectivity index (χ1v) is 8.50. The van der Waals surface area contributed by atoms with E-state index in [4.69, 9.17) is 11.6 Å². The standard InChI is InChI=1S/C16H28ClN3/c1-4-18-14-10-8-6-7-9-13(14)11-15-16(17)12(3)19-20(15)5-2/h13-14,18H,4-11H2,1-3H3. The summed E-state index contributed by atoms with van der Waals surface area (Å²) in [6, 6.07) is 0.638. The van der Waals surface area contributed by atoms with Crippen molar-refractivity contribution >= 4 is 11.6 Å². The summed E-state index contributed by atoms with van der Waals surface area (Å²) in [6.07, 6.45) is 7.75. The Morgan fingerprint density at radius 1 is 1.25 bits per heavy atom. The number of hydrogen-bond donors (Lipinski definition) is 1. The van der Waals surface area contributed by atoms with Crippen LogP contribution in [0.3, 0.4) is 0 Å². The van der Waals surface area contributed by atoms with Crippen LogP contribution in [0.25, 0.3) is 0 Å². The summed E-state index contributed by atoms with van der Waals surface area (Å²) in [5.41, 5.74) is 2.21. The molecule has 1 aromatic rings. The molecule has 0 bridgehead atoms. The first-order chi connectivity index (χ1) is 9.67. The Hall–Kier alpha value is -0.540. The maximum absolute atomic E-state index is 6.47. The van der Waals surface area contributed by atoms with E-state index in [0.717, 1.165) is 30.2 Å². The second kappa shape index (κ2) is 7.46. The van der Waals surface area contributed by atoms with Crippen LogP contribution in [0.15, 0.2) is 0 Å². The molecule has 1 saturated carbocycles. The van der Waals surface area contributed by atoms with E-state index in [1.165, 1.54) is 37.8 Å². The van der Waals surface area contributed by atoms with Crippen LogP contribution in [-0.2, 0) is 13.0 Å². The zero-order chi connectivity index (χ0) is 14.5. The van der Waals surface area contributed by atoms with Crippen LogP contribution in [0.1, 0.15) is 57.3 Å². The molecular formula is C16H28ClN3. The molecule has 2 unspecified atom stereocenters. The second-order valence-electron chi connectivity index (χ2n) is 5.93. The minimum absolute atomic E-state index is 0.638. The van der Waals surface area contributed by atoms with Gasteiger partial charge in [0.05, 0.1) is 16.4 Å². The van der Waals surface area contributed by atoms with Crippen molar-refractivity contribution in [1.29, 1.82) is 0 Å².